The van der Waals surface area contributed by atoms with Crippen LogP contribution in [0.3, 0.4) is 0 Å². The first-order chi connectivity index (χ1) is 11.3. The Labute approximate surface area is 161 Å². The largest absolute Gasteiger partial charge is 0.357 e. The van der Waals surface area contributed by atoms with Crippen molar-refractivity contribution in [3.63, 3.8) is 0 Å². The smallest absolute Gasteiger partial charge is 0.244 e. The normalized spacial score (nSPS) is 14.9. The predicted molar refractivity (Wildman–Crippen MR) is 107 cm³/mol. The van der Waals surface area contributed by atoms with E-state index in [-0.39, 0.29) is 36.4 Å². The number of likely N-dealkylation sites (tertiary alicyclic amines) is 1. The van der Waals surface area contributed by atoms with Crippen LogP contribution in [-0.4, -0.2) is 59.3 Å². The third-order valence-electron chi connectivity index (χ3n) is 3.84. The molecule has 7 nitrogen and oxygen atoms in total. The summed E-state index contributed by atoms with van der Waals surface area (Å²) in [5, 5.41) is 10.6. The fourth-order valence-corrected chi connectivity index (χ4v) is 2.61. The lowest BCUT2D eigenvalue weighted by Gasteiger charge is -2.26. The van der Waals surface area contributed by atoms with E-state index in [0.29, 0.717) is 5.96 Å². The van der Waals surface area contributed by atoms with Crippen molar-refractivity contribution >= 4 is 35.8 Å². The minimum Gasteiger partial charge on any atom is -0.357 e. The molecule has 8 heteroatoms. The number of halogens is 1. The fourth-order valence-electron chi connectivity index (χ4n) is 2.61. The van der Waals surface area contributed by atoms with Crippen LogP contribution in [0, 0.1) is 0 Å². The summed E-state index contributed by atoms with van der Waals surface area (Å²) in [6.07, 6.45) is 8.14. The number of carbonyl (C=O) groups excluding carboxylic acids is 1. The Hall–Kier alpha value is -1.32. The number of guanidine groups is 1. The summed E-state index contributed by atoms with van der Waals surface area (Å²) in [4.78, 5) is 18.5. The van der Waals surface area contributed by atoms with Gasteiger partial charge in [-0.3, -0.25) is 9.48 Å². The van der Waals surface area contributed by atoms with Crippen molar-refractivity contribution < 1.29 is 4.79 Å². The van der Waals surface area contributed by atoms with E-state index in [0.717, 1.165) is 52.0 Å². The minimum atomic E-state index is 0. The van der Waals surface area contributed by atoms with Gasteiger partial charge < -0.3 is 15.5 Å². The van der Waals surface area contributed by atoms with Crippen molar-refractivity contribution in [2.45, 2.75) is 39.2 Å². The van der Waals surface area contributed by atoms with Gasteiger partial charge in [0.2, 0.25) is 5.91 Å². The average molecular weight is 448 g/mol. The molecular weight excluding hydrogens is 419 g/mol. The SMILES string of the molecule is CCNC(=NCC(=O)N1CCCCC1)NCCCn1cccn1.I. The minimum absolute atomic E-state index is 0. The molecule has 0 atom stereocenters. The highest BCUT2D eigenvalue weighted by molar-refractivity contribution is 14.0. The zero-order valence-corrected chi connectivity index (χ0v) is 16.7. The molecule has 0 radical (unpaired) electrons. The molecule has 0 aliphatic carbocycles. The summed E-state index contributed by atoms with van der Waals surface area (Å²) in [5.74, 6) is 0.830. The molecule has 1 aliphatic heterocycles. The molecule has 2 heterocycles. The molecule has 0 aromatic carbocycles. The molecule has 0 saturated carbocycles. The molecule has 2 rings (SSSR count). The lowest BCUT2D eigenvalue weighted by atomic mass is 10.1. The average Bonchev–Trinajstić information content (AvgIpc) is 3.10. The number of aliphatic imine (C=N–C) groups is 1. The highest BCUT2D eigenvalue weighted by Gasteiger charge is 2.15. The molecule has 1 saturated heterocycles. The zero-order valence-electron chi connectivity index (χ0n) is 14.4. The summed E-state index contributed by atoms with van der Waals surface area (Å²) < 4.78 is 1.91. The summed E-state index contributed by atoms with van der Waals surface area (Å²) in [6, 6.07) is 1.92. The van der Waals surface area contributed by atoms with Gasteiger partial charge >= 0.3 is 0 Å². The number of carbonyl (C=O) groups is 1. The van der Waals surface area contributed by atoms with E-state index in [4.69, 9.17) is 0 Å². The van der Waals surface area contributed by atoms with Gasteiger partial charge in [0.15, 0.2) is 5.96 Å². The van der Waals surface area contributed by atoms with Gasteiger partial charge in [-0.05, 0) is 38.7 Å². The summed E-state index contributed by atoms with van der Waals surface area (Å²) in [5.41, 5.74) is 0. The van der Waals surface area contributed by atoms with Crippen LogP contribution in [0.15, 0.2) is 23.5 Å². The Morgan fingerprint density at radius 2 is 2.04 bits per heavy atom. The summed E-state index contributed by atoms with van der Waals surface area (Å²) >= 11 is 0. The van der Waals surface area contributed by atoms with E-state index in [2.05, 4.69) is 20.7 Å². The molecule has 24 heavy (non-hydrogen) atoms. The molecule has 2 N–H and O–H groups in total. The fraction of sp³-hybridized carbons (Fsp3) is 0.688. The monoisotopic (exact) mass is 448 g/mol. The van der Waals surface area contributed by atoms with E-state index < -0.39 is 0 Å². The summed E-state index contributed by atoms with van der Waals surface area (Å²) in [7, 11) is 0. The van der Waals surface area contributed by atoms with Crippen LogP contribution in [0.1, 0.15) is 32.6 Å². The van der Waals surface area contributed by atoms with Gasteiger partial charge in [-0.15, -0.1) is 24.0 Å². The van der Waals surface area contributed by atoms with Crippen molar-refractivity contribution in [2.24, 2.45) is 4.99 Å². The number of piperidine rings is 1. The van der Waals surface area contributed by atoms with E-state index in [1.165, 1.54) is 6.42 Å². The first-order valence-corrected chi connectivity index (χ1v) is 8.57. The van der Waals surface area contributed by atoms with E-state index >= 15 is 0 Å². The standard InChI is InChI=1S/C16H28N6O.HI/c1-2-17-16(18-8-6-12-22-13-7-9-20-22)19-14-15(23)21-10-4-3-5-11-21;/h7,9,13H,2-6,8,10-12,14H2,1H3,(H2,17,18,19);1H. The molecule has 1 aromatic heterocycles. The number of hydrogen-bond donors (Lipinski definition) is 2. The predicted octanol–water partition coefficient (Wildman–Crippen LogP) is 1.46. The van der Waals surface area contributed by atoms with Crippen LogP contribution in [0.5, 0.6) is 0 Å². The maximum Gasteiger partial charge on any atom is 0.244 e. The van der Waals surface area contributed by atoms with Gasteiger partial charge in [0.25, 0.3) is 0 Å². The maximum atomic E-state index is 12.1. The van der Waals surface area contributed by atoms with E-state index in [1.807, 2.05) is 28.8 Å². The Morgan fingerprint density at radius 1 is 1.25 bits per heavy atom. The van der Waals surface area contributed by atoms with Crippen LogP contribution in [0.25, 0.3) is 0 Å². The van der Waals surface area contributed by atoms with E-state index in [9.17, 15) is 4.79 Å². The van der Waals surface area contributed by atoms with E-state index in [1.54, 1.807) is 6.20 Å². The molecular formula is C16H29IN6O. The van der Waals surface area contributed by atoms with Crippen LogP contribution >= 0.6 is 24.0 Å². The third-order valence-corrected chi connectivity index (χ3v) is 3.84. The number of nitrogens with one attached hydrogen (secondary N) is 2. The number of rotatable bonds is 7. The quantitative estimate of drug-likeness (QED) is 0.287. The first kappa shape index (κ1) is 20.7. The molecule has 1 aromatic rings. The third kappa shape index (κ3) is 7.50. The molecule has 136 valence electrons. The zero-order chi connectivity index (χ0) is 16.3. The second-order valence-electron chi connectivity index (χ2n) is 5.69. The van der Waals surface area contributed by atoms with Gasteiger partial charge in [-0.25, -0.2) is 4.99 Å². The van der Waals surface area contributed by atoms with Gasteiger partial charge in [-0.2, -0.15) is 5.10 Å². The highest BCUT2D eigenvalue weighted by atomic mass is 127. The second-order valence-corrected chi connectivity index (χ2v) is 5.69. The van der Waals surface area contributed by atoms with Crippen LogP contribution in [0.4, 0.5) is 0 Å². The Morgan fingerprint density at radius 3 is 2.71 bits per heavy atom. The molecule has 1 aliphatic rings. The van der Waals surface area contributed by atoms with Crippen molar-refractivity contribution in [1.82, 2.24) is 25.3 Å². The summed E-state index contributed by atoms with van der Waals surface area (Å²) in [6.45, 7) is 6.44. The van der Waals surface area contributed by atoms with Crippen molar-refractivity contribution in [3.8, 4) is 0 Å². The van der Waals surface area contributed by atoms with Crippen molar-refractivity contribution in [3.05, 3.63) is 18.5 Å². The van der Waals surface area contributed by atoms with Gasteiger partial charge in [0.1, 0.15) is 6.54 Å². The first-order valence-electron chi connectivity index (χ1n) is 8.57. The van der Waals surface area contributed by atoms with Crippen molar-refractivity contribution in [1.29, 1.82) is 0 Å². The number of amides is 1. The molecule has 1 amide bonds. The highest BCUT2D eigenvalue weighted by Crippen LogP contribution is 2.08. The number of hydrogen-bond acceptors (Lipinski definition) is 3. The maximum absolute atomic E-state index is 12.1. The molecule has 0 spiro atoms. The number of aromatic nitrogens is 2. The van der Waals surface area contributed by atoms with Crippen LogP contribution in [0.2, 0.25) is 0 Å². The van der Waals surface area contributed by atoms with Gasteiger partial charge in [0, 0.05) is 45.1 Å². The Kier molecular flexibility index (Phi) is 10.4. The van der Waals surface area contributed by atoms with Gasteiger partial charge in [0.05, 0.1) is 0 Å². The lowest BCUT2D eigenvalue weighted by molar-refractivity contribution is -0.130. The molecule has 0 bridgehead atoms. The lowest BCUT2D eigenvalue weighted by Crippen LogP contribution is -2.40. The number of nitrogens with zero attached hydrogens (tertiary/aromatic N) is 4. The van der Waals surface area contributed by atoms with Crippen LogP contribution < -0.4 is 10.6 Å². The second kappa shape index (κ2) is 12.1. The topological polar surface area (TPSA) is 74.6 Å². The Bertz CT molecular complexity index is 485. The molecule has 0 unspecified atom stereocenters. The van der Waals surface area contributed by atoms with Crippen molar-refractivity contribution in [2.75, 3.05) is 32.7 Å². The molecule has 1 fully saturated rings. The number of aryl methyl sites for hydroxylation is 1. The van der Waals surface area contributed by atoms with Gasteiger partial charge in [-0.1, -0.05) is 0 Å². The van der Waals surface area contributed by atoms with Crippen LogP contribution in [-0.2, 0) is 11.3 Å². The Balaban J connectivity index is 0.00000288.